The molecule has 5 nitrogen and oxygen atoms in total. The van der Waals surface area contributed by atoms with Gasteiger partial charge in [-0.05, 0) is 28.8 Å². The number of carbonyl (C=O) groups is 1. The number of hydrogen-bond acceptors (Lipinski definition) is 3. The minimum atomic E-state index is -1.01. The van der Waals surface area contributed by atoms with E-state index in [1.54, 1.807) is 4.68 Å². The van der Waals surface area contributed by atoms with Crippen LogP contribution in [0.4, 0.5) is 0 Å². The third-order valence-electron chi connectivity index (χ3n) is 2.97. The largest absolute Gasteiger partial charge is 0.478 e. The first kappa shape index (κ1) is 11.6. The second-order valence-corrected chi connectivity index (χ2v) is 4.77. The van der Waals surface area contributed by atoms with Crippen LogP contribution in [0.25, 0.3) is 0 Å². The second-order valence-electron chi connectivity index (χ2n) is 4.02. The van der Waals surface area contributed by atoms with Gasteiger partial charge in [-0.25, -0.2) is 4.79 Å². The van der Waals surface area contributed by atoms with E-state index in [9.17, 15) is 9.90 Å². The average molecular weight is 289 g/mol. The zero-order valence-electron chi connectivity index (χ0n) is 8.64. The lowest BCUT2D eigenvalue weighted by Gasteiger charge is -2.28. The lowest BCUT2D eigenvalue weighted by molar-refractivity contribution is 0.0662. The van der Waals surface area contributed by atoms with Crippen LogP contribution >= 0.6 is 15.9 Å². The quantitative estimate of drug-likeness (QED) is 0.870. The number of halogens is 1. The molecule has 0 aliphatic heterocycles. The van der Waals surface area contributed by atoms with E-state index >= 15 is 0 Å². The number of aliphatic hydroxyl groups excluding tert-OH is 1. The summed E-state index contributed by atoms with van der Waals surface area (Å²) in [6, 6.07) is -0.115. The summed E-state index contributed by atoms with van der Waals surface area (Å²) in [5, 5.41) is 22.8. The molecule has 0 radical (unpaired) electrons. The van der Waals surface area contributed by atoms with Crippen LogP contribution in [0, 0.1) is 0 Å². The fraction of sp³-hybridized carbons (Fsp3) is 0.600. The van der Waals surface area contributed by atoms with Crippen LogP contribution in [0.2, 0.25) is 0 Å². The molecule has 2 atom stereocenters. The molecule has 1 aromatic heterocycles. The molecule has 1 fully saturated rings. The second kappa shape index (κ2) is 4.55. The Balaban J connectivity index is 2.29. The molecule has 2 rings (SSSR count). The van der Waals surface area contributed by atoms with Gasteiger partial charge in [-0.3, -0.25) is 4.68 Å². The molecule has 1 saturated carbocycles. The van der Waals surface area contributed by atoms with Crippen molar-refractivity contribution in [1.82, 2.24) is 9.78 Å². The van der Waals surface area contributed by atoms with Crippen LogP contribution < -0.4 is 0 Å². The minimum Gasteiger partial charge on any atom is -0.478 e. The SMILES string of the molecule is O=C(O)c1cnn(C2CCCCC2O)c1Br. The number of hydrogen-bond donors (Lipinski definition) is 2. The van der Waals surface area contributed by atoms with Gasteiger partial charge < -0.3 is 10.2 Å². The van der Waals surface area contributed by atoms with Crippen molar-refractivity contribution in [1.29, 1.82) is 0 Å². The van der Waals surface area contributed by atoms with Gasteiger partial charge in [-0.2, -0.15) is 5.10 Å². The molecule has 1 aliphatic carbocycles. The number of rotatable bonds is 2. The number of carboxylic acid groups (broad SMARTS) is 1. The molecular weight excluding hydrogens is 276 g/mol. The number of aromatic carboxylic acids is 1. The van der Waals surface area contributed by atoms with E-state index in [4.69, 9.17) is 5.11 Å². The van der Waals surface area contributed by atoms with E-state index in [2.05, 4.69) is 21.0 Å². The van der Waals surface area contributed by atoms with Crippen molar-refractivity contribution >= 4 is 21.9 Å². The molecule has 1 heterocycles. The summed E-state index contributed by atoms with van der Waals surface area (Å²) in [4.78, 5) is 10.9. The Labute approximate surface area is 101 Å². The summed E-state index contributed by atoms with van der Waals surface area (Å²) in [7, 11) is 0. The van der Waals surface area contributed by atoms with Crippen LogP contribution in [0.5, 0.6) is 0 Å². The minimum absolute atomic E-state index is 0.115. The maximum atomic E-state index is 10.9. The summed E-state index contributed by atoms with van der Waals surface area (Å²) in [6.07, 6.45) is 4.51. The number of aliphatic hydroxyl groups is 1. The van der Waals surface area contributed by atoms with E-state index in [0.717, 1.165) is 25.7 Å². The molecular formula is C10H13BrN2O3. The van der Waals surface area contributed by atoms with Gasteiger partial charge in [-0.1, -0.05) is 12.8 Å². The summed E-state index contributed by atoms with van der Waals surface area (Å²) in [5.41, 5.74) is 0.137. The van der Waals surface area contributed by atoms with Crippen molar-refractivity contribution in [3.05, 3.63) is 16.4 Å². The van der Waals surface area contributed by atoms with Gasteiger partial charge in [0.2, 0.25) is 0 Å². The van der Waals surface area contributed by atoms with Gasteiger partial charge in [0.1, 0.15) is 10.2 Å². The highest BCUT2D eigenvalue weighted by atomic mass is 79.9. The highest BCUT2D eigenvalue weighted by Gasteiger charge is 2.28. The van der Waals surface area contributed by atoms with E-state index in [1.807, 2.05) is 0 Å². The predicted octanol–water partition coefficient (Wildman–Crippen LogP) is 1.82. The van der Waals surface area contributed by atoms with Crippen LogP contribution in [-0.4, -0.2) is 32.1 Å². The van der Waals surface area contributed by atoms with Crippen molar-refractivity contribution < 1.29 is 15.0 Å². The summed E-state index contributed by atoms with van der Waals surface area (Å²) in [5.74, 6) is -1.01. The Morgan fingerprint density at radius 2 is 2.19 bits per heavy atom. The van der Waals surface area contributed by atoms with Gasteiger partial charge in [0.05, 0.1) is 18.3 Å². The van der Waals surface area contributed by atoms with Crippen molar-refractivity contribution in [3.8, 4) is 0 Å². The van der Waals surface area contributed by atoms with Gasteiger partial charge in [0.25, 0.3) is 0 Å². The Bertz CT molecular complexity index is 405. The van der Waals surface area contributed by atoms with Crippen LogP contribution in [0.1, 0.15) is 42.1 Å². The van der Waals surface area contributed by atoms with E-state index in [-0.39, 0.29) is 11.6 Å². The van der Waals surface area contributed by atoms with Crippen LogP contribution in [0.15, 0.2) is 10.8 Å². The monoisotopic (exact) mass is 288 g/mol. The van der Waals surface area contributed by atoms with Gasteiger partial charge >= 0.3 is 5.97 Å². The molecule has 2 unspecified atom stereocenters. The van der Waals surface area contributed by atoms with Gasteiger partial charge in [0.15, 0.2) is 0 Å². The lowest BCUT2D eigenvalue weighted by atomic mass is 9.93. The number of aromatic nitrogens is 2. The van der Waals surface area contributed by atoms with E-state index < -0.39 is 12.1 Å². The zero-order chi connectivity index (χ0) is 11.7. The third-order valence-corrected chi connectivity index (χ3v) is 3.76. The molecule has 0 aromatic carbocycles. The van der Waals surface area contributed by atoms with Crippen molar-refractivity contribution in [3.63, 3.8) is 0 Å². The van der Waals surface area contributed by atoms with Crippen molar-refractivity contribution in [2.45, 2.75) is 37.8 Å². The van der Waals surface area contributed by atoms with Crippen LogP contribution in [0.3, 0.4) is 0 Å². The third kappa shape index (κ3) is 1.99. The highest BCUT2D eigenvalue weighted by molar-refractivity contribution is 9.10. The maximum Gasteiger partial charge on any atom is 0.340 e. The van der Waals surface area contributed by atoms with Crippen LogP contribution in [-0.2, 0) is 0 Å². The first-order valence-corrected chi connectivity index (χ1v) is 6.05. The van der Waals surface area contributed by atoms with Gasteiger partial charge in [-0.15, -0.1) is 0 Å². The standard InChI is InChI=1S/C10H13BrN2O3/c11-9-6(10(15)16)5-12-13(9)7-3-1-2-4-8(7)14/h5,7-8,14H,1-4H2,(H,15,16). The van der Waals surface area contributed by atoms with Crippen molar-refractivity contribution in [2.75, 3.05) is 0 Å². The zero-order valence-corrected chi connectivity index (χ0v) is 10.2. The Kier molecular flexibility index (Phi) is 3.30. The molecule has 0 amide bonds. The molecule has 0 spiro atoms. The lowest BCUT2D eigenvalue weighted by Crippen LogP contribution is -2.28. The van der Waals surface area contributed by atoms with E-state index in [1.165, 1.54) is 6.20 Å². The molecule has 2 N–H and O–H groups in total. The first-order valence-electron chi connectivity index (χ1n) is 5.25. The molecule has 88 valence electrons. The molecule has 1 aliphatic rings. The Hall–Kier alpha value is -0.880. The smallest absolute Gasteiger partial charge is 0.340 e. The van der Waals surface area contributed by atoms with Gasteiger partial charge in [0, 0.05) is 0 Å². The normalized spacial score (nSPS) is 25.6. The number of nitrogens with zero attached hydrogens (tertiary/aromatic N) is 2. The van der Waals surface area contributed by atoms with E-state index in [0.29, 0.717) is 4.60 Å². The fourth-order valence-electron chi connectivity index (χ4n) is 2.10. The molecule has 0 bridgehead atoms. The average Bonchev–Trinajstić information content (AvgIpc) is 2.61. The molecule has 1 aromatic rings. The summed E-state index contributed by atoms with van der Waals surface area (Å²) < 4.78 is 2.01. The maximum absolute atomic E-state index is 10.9. The topological polar surface area (TPSA) is 75.3 Å². The summed E-state index contributed by atoms with van der Waals surface area (Å²) >= 11 is 3.22. The molecule has 16 heavy (non-hydrogen) atoms. The summed E-state index contributed by atoms with van der Waals surface area (Å²) in [6.45, 7) is 0. The fourth-order valence-corrected chi connectivity index (χ4v) is 2.73. The molecule has 0 saturated heterocycles. The molecule has 6 heteroatoms. The number of carboxylic acids is 1. The Morgan fingerprint density at radius 3 is 2.75 bits per heavy atom. The first-order chi connectivity index (χ1) is 7.61. The predicted molar refractivity (Wildman–Crippen MR) is 60.4 cm³/mol. The Morgan fingerprint density at radius 1 is 1.50 bits per heavy atom. The van der Waals surface area contributed by atoms with Crippen molar-refractivity contribution in [2.24, 2.45) is 0 Å². The highest BCUT2D eigenvalue weighted by Crippen LogP contribution is 2.31.